The fourth-order valence-electron chi connectivity index (χ4n) is 3.01. The molecule has 1 unspecified atom stereocenters. The number of anilines is 1. The van der Waals surface area contributed by atoms with Gasteiger partial charge in [0.25, 0.3) is 5.91 Å². The first kappa shape index (κ1) is 19.2. The Kier molecular flexibility index (Phi) is 5.38. The molecule has 1 atom stereocenters. The Hall–Kier alpha value is -2.58. The van der Waals surface area contributed by atoms with E-state index in [0.29, 0.717) is 22.7 Å². The van der Waals surface area contributed by atoms with Crippen molar-refractivity contribution in [3.63, 3.8) is 0 Å². The molecule has 0 fully saturated rings. The molecule has 0 bridgehead atoms. The van der Waals surface area contributed by atoms with Crippen molar-refractivity contribution < 1.29 is 22.7 Å². The van der Waals surface area contributed by atoms with E-state index in [4.69, 9.17) is 9.47 Å². The van der Waals surface area contributed by atoms with Gasteiger partial charge in [-0.2, -0.15) is 0 Å². The molecule has 2 aromatic carbocycles. The predicted molar refractivity (Wildman–Crippen MR) is 102 cm³/mol. The van der Waals surface area contributed by atoms with Gasteiger partial charge in [-0.15, -0.1) is 0 Å². The number of hydrogen-bond donors (Lipinski definition) is 1. The molecule has 7 nitrogen and oxygen atoms in total. The highest BCUT2D eigenvalue weighted by Gasteiger charge is 2.32. The molecule has 3 rings (SSSR count). The molecule has 1 N–H and O–H groups in total. The van der Waals surface area contributed by atoms with Gasteiger partial charge in [0.2, 0.25) is 10.0 Å². The quantitative estimate of drug-likeness (QED) is 0.816. The molecule has 1 amide bonds. The van der Waals surface area contributed by atoms with Gasteiger partial charge in [0.05, 0.1) is 17.7 Å². The van der Waals surface area contributed by atoms with Crippen LogP contribution in [0.1, 0.15) is 12.0 Å². The summed E-state index contributed by atoms with van der Waals surface area (Å²) in [5.41, 5.74) is 1.29. The van der Waals surface area contributed by atoms with E-state index in [0.717, 1.165) is 0 Å². The second-order valence-electron chi connectivity index (χ2n) is 6.29. The molecule has 144 valence electrons. The largest absolute Gasteiger partial charge is 0.497 e. The van der Waals surface area contributed by atoms with Crippen molar-refractivity contribution in [2.24, 2.45) is 0 Å². The van der Waals surface area contributed by atoms with E-state index in [1.807, 2.05) is 12.1 Å². The summed E-state index contributed by atoms with van der Waals surface area (Å²) in [4.78, 5) is 14.2. The van der Waals surface area contributed by atoms with Gasteiger partial charge < -0.3 is 14.4 Å². The smallest absolute Gasteiger partial charge is 0.267 e. The van der Waals surface area contributed by atoms with Crippen molar-refractivity contribution in [3.05, 3.63) is 48.0 Å². The van der Waals surface area contributed by atoms with Crippen molar-refractivity contribution in [3.8, 4) is 11.5 Å². The Balaban J connectivity index is 1.67. The standard InChI is InChI=1S/C19H22N2O5S/c1-13-12-14(25-3)8-9-18(13)27(23,24)20-11-10-17-19(22)21(2)15-6-4-5-7-16(15)26-17/h4-9,12,17,20H,10-11H2,1-3H3. The summed E-state index contributed by atoms with van der Waals surface area (Å²) in [7, 11) is -0.487. The molecule has 0 saturated carbocycles. The van der Waals surface area contributed by atoms with Crippen LogP contribution in [0.5, 0.6) is 11.5 Å². The van der Waals surface area contributed by atoms with Crippen LogP contribution in [0, 0.1) is 6.92 Å². The normalized spacial score (nSPS) is 16.6. The van der Waals surface area contributed by atoms with Crippen LogP contribution in [-0.2, 0) is 14.8 Å². The van der Waals surface area contributed by atoms with Crippen LogP contribution in [0.25, 0.3) is 0 Å². The van der Waals surface area contributed by atoms with Crippen LogP contribution >= 0.6 is 0 Å². The maximum Gasteiger partial charge on any atom is 0.267 e. The maximum absolute atomic E-state index is 12.6. The van der Waals surface area contributed by atoms with Gasteiger partial charge >= 0.3 is 0 Å². The molecule has 1 heterocycles. The highest BCUT2D eigenvalue weighted by molar-refractivity contribution is 7.89. The number of benzene rings is 2. The number of ether oxygens (including phenoxy) is 2. The molecule has 0 aromatic heterocycles. The van der Waals surface area contributed by atoms with Gasteiger partial charge in [-0.3, -0.25) is 4.79 Å². The van der Waals surface area contributed by atoms with E-state index >= 15 is 0 Å². The van der Waals surface area contributed by atoms with Gasteiger partial charge in [-0.25, -0.2) is 13.1 Å². The maximum atomic E-state index is 12.6. The van der Waals surface area contributed by atoms with E-state index in [1.54, 1.807) is 38.2 Å². The zero-order valence-electron chi connectivity index (χ0n) is 15.4. The molecule has 0 saturated heterocycles. The highest BCUT2D eigenvalue weighted by atomic mass is 32.2. The van der Waals surface area contributed by atoms with Gasteiger partial charge in [-0.1, -0.05) is 12.1 Å². The van der Waals surface area contributed by atoms with Crippen LogP contribution in [0.4, 0.5) is 5.69 Å². The molecular formula is C19H22N2O5S. The summed E-state index contributed by atoms with van der Waals surface area (Å²) in [5, 5.41) is 0. The number of hydrogen-bond acceptors (Lipinski definition) is 5. The van der Waals surface area contributed by atoms with E-state index < -0.39 is 16.1 Å². The number of nitrogens with zero attached hydrogens (tertiary/aromatic N) is 1. The minimum atomic E-state index is -3.69. The first-order chi connectivity index (χ1) is 12.8. The van der Waals surface area contributed by atoms with Crippen molar-refractivity contribution in [1.29, 1.82) is 0 Å². The fraction of sp³-hybridized carbons (Fsp3) is 0.316. The summed E-state index contributed by atoms with van der Waals surface area (Å²) in [5.74, 6) is 1.00. The Bertz CT molecular complexity index is 958. The second kappa shape index (κ2) is 7.58. The lowest BCUT2D eigenvalue weighted by Gasteiger charge is -2.31. The molecule has 0 radical (unpaired) electrons. The number of rotatable bonds is 6. The summed E-state index contributed by atoms with van der Waals surface area (Å²) in [6.45, 7) is 1.79. The number of fused-ring (bicyclic) bond motifs is 1. The van der Waals surface area contributed by atoms with Gasteiger partial charge in [-0.05, 0) is 42.8 Å². The molecule has 2 aromatic rings. The lowest BCUT2D eigenvalue weighted by molar-refractivity contribution is -0.126. The third kappa shape index (κ3) is 3.91. The van der Waals surface area contributed by atoms with Crippen LogP contribution < -0.4 is 19.1 Å². The first-order valence-corrected chi connectivity index (χ1v) is 9.99. The fourth-order valence-corrected chi connectivity index (χ4v) is 4.28. The highest BCUT2D eigenvalue weighted by Crippen LogP contribution is 2.33. The Morgan fingerprint density at radius 1 is 1.22 bits per heavy atom. The Morgan fingerprint density at radius 3 is 2.67 bits per heavy atom. The molecule has 0 spiro atoms. The van der Waals surface area contributed by atoms with Crippen molar-refractivity contribution in [2.75, 3.05) is 25.6 Å². The summed E-state index contributed by atoms with van der Waals surface area (Å²) in [6, 6.07) is 12.0. The first-order valence-electron chi connectivity index (χ1n) is 8.51. The number of methoxy groups -OCH3 is 1. The van der Waals surface area contributed by atoms with E-state index in [-0.39, 0.29) is 23.8 Å². The number of nitrogens with one attached hydrogen (secondary N) is 1. The third-order valence-electron chi connectivity index (χ3n) is 4.47. The monoisotopic (exact) mass is 390 g/mol. The number of likely N-dealkylation sites (N-methyl/N-ethyl adjacent to an activating group) is 1. The minimum Gasteiger partial charge on any atom is -0.497 e. The molecule has 0 aliphatic carbocycles. The lowest BCUT2D eigenvalue weighted by atomic mass is 10.1. The SMILES string of the molecule is COc1ccc(S(=O)(=O)NCCC2Oc3ccccc3N(C)C2=O)c(C)c1. The topological polar surface area (TPSA) is 84.9 Å². The van der Waals surface area contributed by atoms with Crippen molar-refractivity contribution >= 4 is 21.6 Å². The lowest BCUT2D eigenvalue weighted by Crippen LogP contribution is -2.45. The summed E-state index contributed by atoms with van der Waals surface area (Å²) < 4.78 is 38.5. The predicted octanol–water partition coefficient (Wildman–Crippen LogP) is 2.10. The molecule has 1 aliphatic rings. The van der Waals surface area contributed by atoms with Crippen LogP contribution in [-0.4, -0.2) is 41.1 Å². The number of sulfonamides is 1. The van der Waals surface area contributed by atoms with Crippen LogP contribution in [0.3, 0.4) is 0 Å². The van der Waals surface area contributed by atoms with Crippen molar-refractivity contribution in [2.45, 2.75) is 24.3 Å². The second-order valence-corrected chi connectivity index (χ2v) is 8.02. The van der Waals surface area contributed by atoms with Crippen LogP contribution in [0.2, 0.25) is 0 Å². The molecule has 1 aliphatic heterocycles. The summed E-state index contributed by atoms with van der Waals surface area (Å²) in [6.07, 6.45) is -0.504. The zero-order valence-corrected chi connectivity index (χ0v) is 16.2. The van der Waals surface area contributed by atoms with Gasteiger partial charge in [0.1, 0.15) is 11.5 Å². The van der Waals surface area contributed by atoms with Gasteiger partial charge in [0.15, 0.2) is 6.10 Å². The number of amides is 1. The number of para-hydroxylation sites is 2. The van der Waals surface area contributed by atoms with Crippen molar-refractivity contribution in [1.82, 2.24) is 4.72 Å². The van der Waals surface area contributed by atoms with E-state index in [2.05, 4.69) is 4.72 Å². The minimum absolute atomic E-state index is 0.0835. The number of carbonyl (C=O) groups is 1. The molecular weight excluding hydrogens is 368 g/mol. The summed E-state index contributed by atoms with van der Waals surface area (Å²) >= 11 is 0. The Labute approximate surface area is 158 Å². The average Bonchev–Trinajstić information content (AvgIpc) is 2.65. The third-order valence-corrected chi connectivity index (χ3v) is 6.09. The van der Waals surface area contributed by atoms with E-state index in [1.165, 1.54) is 18.1 Å². The number of aryl methyl sites for hydroxylation is 1. The molecule has 8 heteroatoms. The van der Waals surface area contributed by atoms with Gasteiger partial charge in [0, 0.05) is 20.0 Å². The average molecular weight is 390 g/mol. The zero-order chi connectivity index (χ0) is 19.6. The van der Waals surface area contributed by atoms with E-state index in [9.17, 15) is 13.2 Å². The number of carbonyl (C=O) groups excluding carboxylic acids is 1. The van der Waals surface area contributed by atoms with Crippen LogP contribution in [0.15, 0.2) is 47.4 Å². The molecule has 27 heavy (non-hydrogen) atoms. The Morgan fingerprint density at radius 2 is 1.96 bits per heavy atom.